The molecule has 0 bridgehead atoms. The Hall–Kier alpha value is -6.18. The summed E-state index contributed by atoms with van der Waals surface area (Å²) in [5.74, 6) is 6.15. The van der Waals surface area contributed by atoms with Crippen molar-refractivity contribution in [2.45, 2.75) is 265 Å². The molecule has 7 fully saturated rings. The Balaban J connectivity index is 0.000000194. The lowest BCUT2D eigenvalue weighted by atomic mass is 9.72. The van der Waals surface area contributed by atoms with E-state index in [-0.39, 0.29) is 91.3 Å². The molecule has 3 saturated carbocycles. The summed E-state index contributed by atoms with van der Waals surface area (Å²) in [7, 11) is 0. The van der Waals surface area contributed by atoms with Crippen molar-refractivity contribution in [3.05, 3.63) is 163 Å². The minimum Gasteiger partial charge on any atom is -0.445 e. The van der Waals surface area contributed by atoms with Crippen LogP contribution in [0.4, 0.5) is 9.59 Å². The molecule has 4 heterocycles. The number of aliphatic hydroxyl groups excluding tert-OH is 2. The maximum absolute atomic E-state index is 13.4. The van der Waals surface area contributed by atoms with Gasteiger partial charge in [0.2, 0.25) is 17.7 Å². The number of thioether (sulfide) groups is 3. The zero-order chi connectivity index (χ0) is 78.6. The van der Waals surface area contributed by atoms with Crippen molar-refractivity contribution in [1.29, 1.82) is 0 Å². The molecule has 10 N–H and O–H groups in total. The van der Waals surface area contributed by atoms with Crippen LogP contribution in [-0.2, 0) is 41.8 Å². The molecular formula is C89H133N9O10S3. The van der Waals surface area contributed by atoms with Gasteiger partial charge >= 0.3 is 12.2 Å². The lowest BCUT2D eigenvalue weighted by Gasteiger charge is -2.47. The average Bonchev–Trinajstić information content (AvgIpc) is 1.78. The summed E-state index contributed by atoms with van der Waals surface area (Å²) >= 11 is 4.95. The number of hydrogen-bond donors (Lipinski definition) is 9. The topological polar surface area (TPSA) is 261 Å². The molecule has 3 aliphatic carbocycles. The van der Waals surface area contributed by atoms with E-state index in [1.807, 2.05) is 190 Å². The second kappa shape index (κ2) is 45.2. The first-order chi connectivity index (χ1) is 52.7. The second-order valence-electron chi connectivity index (χ2n) is 34.4. The molecule has 5 aromatic rings. The zero-order valence-electron chi connectivity index (χ0n) is 66.8. The van der Waals surface area contributed by atoms with Crippen LogP contribution in [0, 0.1) is 35.5 Å². The van der Waals surface area contributed by atoms with E-state index in [1.165, 1.54) is 81.9 Å². The van der Waals surface area contributed by atoms with Crippen LogP contribution in [0.15, 0.2) is 166 Å². The lowest BCUT2D eigenvalue weighted by molar-refractivity contribution is -0.133. The summed E-state index contributed by atoms with van der Waals surface area (Å²) in [5.41, 5.74) is 7.50. The molecule has 5 aromatic carbocycles. The number of hydrogen-bond acceptors (Lipinski definition) is 17. The first-order valence-corrected chi connectivity index (χ1v) is 43.5. The SMILES string of the molecule is C.CC(C)(C)NC(=O)[C@@H]1C[C@@H]2CCCC[C@@H]2CN1.CC(C)(C)NC(=O)[C@@H]1C[C@@H]2CCCC[C@@H]2CN1C[C@@H](O)[C@@H](N)CSc1ccccc1.CC(C)(C)NC(=O)[C@@H]1C[C@@H]2CCCC[C@@H]2CN1C[C@@H](O)[C@H](CSc1ccccc1)NC(=O)OCc1ccccc1.O=C(N[C@@H](CSc1ccccc1)[C@H]1CO1)OCc1ccccc1. The minimum absolute atomic E-state index is 0. The smallest absolute Gasteiger partial charge is 0.407 e. The second-order valence-corrected chi connectivity index (χ2v) is 37.7. The lowest BCUT2D eigenvalue weighted by Crippen LogP contribution is -2.60. The van der Waals surface area contributed by atoms with Crippen LogP contribution in [-0.4, -0.2) is 178 Å². The highest BCUT2D eigenvalue weighted by molar-refractivity contribution is 7.99. The predicted molar refractivity (Wildman–Crippen MR) is 451 cm³/mol. The van der Waals surface area contributed by atoms with Gasteiger partial charge in [0.1, 0.15) is 19.3 Å². The molecule has 15 atom stereocenters. The van der Waals surface area contributed by atoms with Crippen LogP contribution in [0.5, 0.6) is 0 Å². The number of ether oxygens (including phenoxy) is 3. The number of β-amino-alcohol motifs (C(OH)–C–C–N with tert-alkyl or cyclic N) is 2. The van der Waals surface area contributed by atoms with Crippen molar-refractivity contribution >= 4 is 65.2 Å². The van der Waals surface area contributed by atoms with E-state index < -0.39 is 30.4 Å². The molecule has 22 heteroatoms. The van der Waals surface area contributed by atoms with E-state index in [1.54, 1.807) is 35.3 Å². The number of aliphatic hydroxyl groups is 2. The summed E-state index contributed by atoms with van der Waals surface area (Å²) in [6.45, 7) is 22.8. The van der Waals surface area contributed by atoms with Crippen LogP contribution in [0.3, 0.4) is 0 Å². The first kappa shape index (κ1) is 90.4. The highest BCUT2D eigenvalue weighted by atomic mass is 32.2. The van der Waals surface area contributed by atoms with Crippen molar-refractivity contribution in [3.63, 3.8) is 0 Å². The van der Waals surface area contributed by atoms with E-state index in [9.17, 15) is 34.2 Å². The number of amides is 5. The summed E-state index contributed by atoms with van der Waals surface area (Å²) in [6, 6.07) is 48.0. The molecule has 12 rings (SSSR count). The number of carbonyl (C=O) groups excluding carboxylic acids is 5. The third-order valence-electron chi connectivity index (χ3n) is 21.8. The zero-order valence-corrected chi connectivity index (χ0v) is 69.3. The van der Waals surface area contributed by atoms with Gasteiger partial charge < -0.3 is 62.1 Å². The minimum atomic E-state index is -0.870. The Bertz CT molecular complexity index is 3540. The third kappa shape index (κ3) is 32.2. The Morgan fingerprint density at radius 3 is 1.27 bits per heavy atom. The maximum Gasteiger partial charge on any atom is 0.407 e. The number of benzene rings is 5. The van der Waals surface area contributed by atoms with Crippen molar-refractivity contribution in [1.82, 2.24) is 41.7 Å². The normalized spacial score (nSPS) is 24.4. The van der Waals surface area contributed by atoms with Crippen LogP contribution in [0.1, 0.15) is 177 Å². The predicted octanol–water partition coefficient (Wildman–Crippen LogP) is 14.7. The van der Waals surface area contributed by atoms with Gasteiger partial charge in [0.25, 0.3) is 0 Å². The Kier molecular flexibility index (Phi) is 36.8. The Morgan fingerprint density at radius 1 is 0.486 bits per heavy atom. The molecule has 0 spiro atoms. The van der Waals surface area contributed by atoms with Crippen LogP contribution < -0.4 is 37.6 Å². The van der Waals surface area contributed by atoms with Crippen LogP contribution >= 0.6 is 35.3 Å². The molecule has 0 unspecified atom stereocenters. The highest BCUT2D eigenvalue weighted by Gasteiger charge is 2.44. The highest BCUT2D eigenvalue weighted by Crippen LogP contribution is 2.41. The molecule has 7 aliphatic rings. The first-order valence-electron chi connectivity index (χ1n) is 40.6. The summed E-state index contributed by atoms with van der Waals surface area (Å²) in [4.78, 5) is 71.2. The molecule has 4 aliphatic heterocycles. The molecule has 5 amide bonds. The number of piperidine rings is 3. The van der Waals surface area contributed by atoms with Crippen LogP contribution in [0.2, 0.25) is 0 Å². The number of likely N-dealkylation sites (tertiary alicyclic amines) is 2. The largest absolute Gasteiger partial charge is 0.445 e. The molecular weight excluding hydrogens is 1450 g/mol. The fraction of sp³-hybridized carbons (Fsp3) is 0.607. The van der Waals surface area contributed by atoms with E-state index >= 15 is 0 Å². The molecule has 4 saturated heterocycles. The summed E-state index contributed by atoms with van der Waals surface area (Å²) < 4.78 is 16.1. The van der Waals surface area contributed by atoms with Gasteiger partial charge in [-0.05, 0) is 190 Å². The number of epoxide rings is 1. The number of rotatable bonds is 25. The van der Waals surface area contributed by atoms with Gasteiger partial charge in [-0.1, -0.05) is 180 Å². The maximum atomic E-state index is 13.4. The van der Waals surface area contributed by atoms with Crippen LogP contribution in [0.25, 0.3) is 0 Å². The van der Waals surface area contributed by atoms with Crippen molar-refractivity contribution < 1.29 is 48.4 Å². The molecule has 19 nitrogen and oxygen atoms in total. The standard InChI is InChI=1S/C32H45N3O4S.C24H39N3O2S.C18H19NO3S.C14H26N2O.CH4/c1-32(2,3)34-30(37)28-18-24-14-10-11-15-25(24)19-35(28)20-29(36)27(22-40-26-16-8-5-9-17-26)33-31(38)39-21-23-12-6-4-7-13-23;1-24(2,3)26-23(29)21-13-17-9-7-8-10-18(17)14-27(21)15-22(28)20(25)16-30-19-11-5-4-6-12-19;20-18(22-11-14-7-3-1-4-8-14)19-16(17-12-21-17)13-23-15-9-5-2-6-10-15;1-14(2,3)16-13(17)12-8-10-6-4-5-7-11(10)9-15-12;/h4-9,12-13,16-17,24-25,27-29,36H,10-11,14-15,18-22H2,1-3H3,(H,33,38)(H,34,37);4-6,11-12,17-18,20-22,28H,7-10,13-16,25H2,1-3H3,(H,26,29);1-10,16-17H,11-13H2,(H,19,20);10-12,15H,4-9H2,1-3H3,(H,16,17);1H4/t24-,25+,27-,28-,29+;17-,18+,20-,21-,22+;16-,17+;10-,11+,12-;/m0000./s1. The number of alkyl carbamates (subject to hydrolysis) is 2. The van der Waals surface area contributed by atoms with E-state index in [4.69, 9.17) is 19.9 Å². The number of nitrogens with two attached hydrogens (primary N) is 1. The average molecular weight is 1590 g/mol. The van der Waals surface area contributed by atoms with E-state index in [0.717, 1.165) is 77.4 Å². The fourth-order valence-electron chi connectivity index (χ4n) is 16.0. The Labute approximate surface area is 676 Å². The summed E-state index contributed by atoms with van der Waals surface area (Å²) in [6.07, 6.45) is 15.6. The fourth-order valence-corrected chi connectivity index (χ4v) is 19.0. The third-order valence-corrected chi connectivity index (χ3v) is 25.2. The molecule has 0 radical (unpaired) electrons. The van der Waals surface area contributed by atoms with Gasteiger partial charge in [0.05, 0.1) is 49.0 Å². The van der Waals surface area contributed by atoms with Gasteiger partial charge in [-0.3, -0.25) is 24.2 Å². The van der Waals surface area contributed by atoms with E-state index in [2.05, 4.69) is 66.0 Å². The monoisotopic (exact) mass is 1580 g/mol. The Morgan fingerprint density at radius 2 is 0.847 bits per heavy atom. The van der Waals surface area contributed by atoms with Gasteiger partial charge in [-0.25, -0.2) is 9.59 Å². The van der Waals surface area contributed by atoms with Gasteiger partial charge in [-0.15, -0.1) is 35.3 Å². The molecule has 612 valence electrons. The van der Waals surface area contributed by atoms with Gasteiger partial charge in [0.15, 0.2) is 0 Å². The molecule has 0 aromatic heterocycles. The molecule has 111 heavy (non-hydrogen) atoms. The summed E-state index contributed by atoms with van der Waals surface area (Å²) in [5, 5.41) is 41.1. The van der Waals surface area contributed by atoms with Gasteiger partial charge in [-0.2, -0.15) is 0 Å². The number of carbonyl (C=O) groups is 5. The number of nitrogens with zero attached hydrogens (tertiary/aromatic N) is 2. The number of fused-ring (bicyclic) bond motifs is 3. The van der Waals surface area contributed by atoms with E-state index in [0.29, 0.717) is 54.9 Å². The van der Waals surface area contributed by atoms with Crippen molar-refractivity contribution in [3.8, 4) is 0 Å². The quantitative estimate of drug-likeness (QED) is 0.0194. The number of nitrogens with one attached hydrogen (secondary N) is 6. The van der Waals surface area contributed by atoms with Crippen molar-refractivity contribution in [2.75, 3.05) is 56.6 Å². The van der Waals surface area contributed by atoms with Crippen molar-refractivity contribution in [2.24, 2.45) is 41.2 Å². The van der Waals surface area contributed by atoms with Gasteiger partial charge in [0, 0.05) is 80.8 Å².